The number of halogens is 2. The van der Waals surface area contributed by atoms with Crippen LogP contribution in [0.5, 0.6) is 0 Å². The normalized spacial score (nSPS) is 18.2. The van der Waals surface area contributed by atoms with E-state index in [0.29, 0.717) is 17.1 Å². The highest BCUT2D eigenvalue weighted by atomic mass is 35.5. The van der Waals surface area contributed by atoms with Crippen LogP contribution in [-0.2, 0) is 11.3 Å². The van der Waals surface area contributed by atoms with Gasteiger partial charge in [0.2, 0.25) is 0 Å². The zero-order chi connectivity index (χ0) is 11.6. The van der Waals surface area contributed by atoms with Gasteiger partial charge in [-0.2, -0.15) is 0 Å². The van der Waals surface area contributed by atoms with Gasteiger partial charge in [-0.25, -0.2) is 4.39 Å². The van der Waals surface area contributed by atoms with Crippen LogP contribution in [0.15, 0.2) is 18.2 Å². The molecule has 0 atom stereocenters. The maximum absolute atomic E-state index is 13.4. The lowest BCUT2D eigenvalue weighted by atomic mass is 9.89. The molecule has 2 rings (SSSR count). The van der Waals surface area contributed by atoms with E-state index in [1.807, 2.05) is 0 Å². The Kier molecular flexibility index (Phi) is 3.47. The highest BCUT2D eigenvalue weighted by Crippen LogP contribution is 2.25. The van der Waals surface area contributed by atoms with Gasteiger partial charge in [0.1, 0.15) is 5.82 Å². The lowest BCUT2D eigenvalue weighted by molar-refractivity contribution is -0.0991. The Morgan fingerprint density at radius 2 is 2.25 bits per heavy atom. The van der Waals surface area contributed by atoms with E-state index >= 15 is 0 Å². The quantitative estimate of drug-likeness (QED) is 0.878. The molecule has 0 amide bonds. The Morgan fingerprint density at radius 3 is 2.81 bits per heavy atom. The molecule has 1 saturated heterocycles. The molecule has 0 aromatic heterocycles. The number of hydrogen-bond donors (Lipinski definition) is 1. The summed E-state index contributed by atoms with van der Waals surface area (Å²) in [5.41, 5.74) is 0.858. The number of ether oxygens (including phenoxy) is 1. The molecule has 1 aromatic rings. The Balaban J connectivity index is 1.85. The van der Waals surface area contributed by atoms with Crippen molar-refractivity contribution in [2.75, 3.05) is 19.8 Å². The smallest absolute Gasteiger partial charge is 0.129 e. The summed E-state index contributed by atoms with van der Waals surface area (Å²) in [6, 6.07) is 4.76. The molecule has 1 N–H and O–H groups in total. The molecule has 0 aliphatic carbocycles. The monoisotopic (exact) mass is 243 g/mol. The third-order valence-electron chi connectivity index (χ3n) is 2.78. The van der Waals surface area contributed by atoms with Crippen molar-refractivity contribution in [1.29, 1.82) is 0 Å². The molecule has 0 radical (unpaired) electrons. The summed E-state index contributed by atoms with van der Waals surface area (Å²) in [5.74, 6) is -0.255. The molecule has 1 heterocycles. The summed E-state index contributed by atoms with van der Waals surface area (Å²) in [5, 5.41) is 3.67. The SMILES string of the molecule is CC1(CNCc2ccc(Cl)cc2F)COC1. The third kappa shape index (κ3) is 2.73. The summed E-state index contributed by atoms with van der Waals surface area (Å²) < 4.78 is 18.6. The molecule has 0 unspecified atom stereocenters. The van der Waals surface area contributed by atoms with E-state index in [4.69, 9.17) is 16.3 Å². The second kappa shape index (κ2) is 4.70. The highest BCUT2D eigenvalue weighted by Gasteiger charge is 2.32. The van der Waals surface area contributed by atoms with Crippen molar-refractivity contribution in [3.05, 3.63) is 34.6 Å². The summed E-state index contributed by atoms with van der Waals surface area (Å²) >= 11 is 5.68. The van der Waals surface area contributed by atoms with Gasteiger partial charge in [-0.3, -0.25) is 0 Å². The highest BCUT2D eigenvalue weighted by molar-refractivity contribution is 6.30. The summed E-state index contributed by atoms with van der Waals surface area (Å²) in [6.45, 7) is 5.08. The first-order chi connectivity index (χ1) is 7.59. The van der Waals surface area contributed by atoms with E-state index in [0.717, 1.165) is 19.8 Å². The van der Waals surface area contributed by atoms with Gasteiger partial charge in [-0.05, 0) is 12.1 Å². The Hall–Kier alpha value is -0.640. The fourth-order valence-electron chi connectivity index (χ4n) is 1.72. The van der Waals surface area contributed by atoms with Gasteiger partial charge in [0.15, 0.2) is 0 Å². The molecule has 2 nitrogen and oxygen atoms in total. The lowest BCUT2D eigenvalue weighted by Gasteiger charge is -2.38. The first kappa shape index (κ1) is 11.8. The zero-order valence-electron chi connectivity index (χ0n) is 9.22. The van der Waals surface area contributed by atoms with Crippen LogP contribution in [0.25, 0.3) is 0 Å². The Labute approximate surface area is 99.7 Å². The molecule has 88 valence electrons. The van der Waals surface area contributed by atoms with E-state index in [1.165, 1.54) is 6.07 Å². The minimum absolute atomic E-state index is 0.211. The van der Waals surface area contributed by atoms with Gasteiger partial charge in [0, 0.05) is 29.1 Å². The Bertz CT molecular complexity index is 379. The van der Waals surface area contributed by atoms with Gasteiger partial charge in [0.25, 0.3) is 0 Å². The standard InChI is InChI=1S/C12H15ClFNO/c1-12(7-16-8-12)6-15-5-9-2-3-10(13)4-11(9)14/h2-4,15H,5-8H2,1H3. The van der Waals surface area contributed by atoms with Gasteiger partial charge < -0.3 is 10.1 Å². The zero-order valence-corrected chi connectivity index (χ0v) is 9.98. The minimum Gasteiger partial charge on any atom is -0.380 e. The maximum atomic E-state index is 13.4. The predicted octanol–water partition coefficient (Wildman–Crippen LogP) is 2.61. The van der Waals surface area contributed by atoms with Crippen molar-refractivity contribution in [2.45, 2.75) is 13.5 Å². The lowest BCUT2D eigenvalue weighted by Crippen LogP contribution is -2.47. The van der Waals surface area contributed by atoms with Crippen molar-refractivity contribution in [3.8, 4) is 0 Å². The van der Waals surface area contributed by atoms with E-state index in [-0.39, 0.29) is 11.2 Å². The summed E-state index contributed by atoms with van der Waals surface area (Å²) in [4.78, 5) is 0. The molecule has 0 bridgehead atoms. The van der Waals surface area contributed by atoms with Crippen LogP contribution in [0.1, 0.15) is 12.5 Å². The van der Waals surface area contributed by atoms with E-state index in [9.17, 15) is 4.39 Å². The summed E-state index contributed by atoms with van der Waals surface area (Å²) in [7, 11) is 0. The molecule has 1 aliphatic heterocycles. The van der Waals surface area contributed by atoms with Crippen molar-refractivity contribution >= 4 is 11.6 Å². The number of benzene rings is 1. The molecule has 16 heavy (non-hydrogen) atoms. The average molecular weight is 244 g/mol. The fourth-order valence-corrected chi connectivity index (χ4v) is 1.88. The van der Waals surface area contributed by atoms with E-state index in [2.05, 4.69) is 12.2 Å². The van der Waals surface area contributed by atoms with Crippen LogP contribution in [0.3, 0.4) is 0 Å². The molecular formula is C12H15ClFNO. The second-order valence-electron chi connectivity index (χ2n) is 4.64. The molecule has 1 aliphatic rings. The third-order valence-corrected chi connectivity index (χ3v) is 3.02. The first-order valence-corrected chi connectivity index (χ1v) is 5.69. The van der Waals surface area contributed by atoms with E-state index < -0.39 is 0 Å². The molecule has 1 aromatic carbocycles. The topological polar surface area (TPSA) is 21.3 Å². The van der Waals surface area contributed by atoms with Crippen LogP contribution >= 0.6 is 11.6 Å². The maximum Gasteiger partial charge on any atom is 0.129 e. The van der Waals surface area contributed by atoms with Crippen LogP contribution in [-0.4, -0.2) is 19.8 Å². The number of hydrogen-bond acceptors (Lipinski definition) is 2. The Morgan fingerprint density at radius 1 is 1.50 bits per heavy atom. The number of rotatable bonds is 4. The number of nitrogens with one attached hydrogen (secondary N) is 1. The van der Waals surface area contributed by atoms with Gasteiger partial charge in [0.05, 0.1) is 13.2 Å². The largest absolute Gasteiger partial charge is 0.380 e. The molecule has 0 saturated carbocycles. The fraction of sp³-hybridized carbons (Fsp3) is 0.500. The molecule has 1 fully saturated rings. The van der Waals surface area contributed by atoms with Crippen LogP contribution in [0.2, 0.25) is 5.02 Å². The van der Waals surface area contributed by atoms with E-state index in [1.54, 1.807) is 12.1 Å². The molecular weight excluding hydrogens is 229 g/mol. The predicted molar refractivity (Wildman–Crippen MR) is 62.0 cm³/mol. The van der Waals surface area contributed by atoms with Crippen molar-refractivity contribution in [2.24, 2.45) is 5.41 Å². The van der Waals surface area contributed by atoms with Gasteiger partial charge in [-0.15, -0.1) is 0 Å². The van der Waals surface area contributed by atoms with Crippen LogP contribution in [0.4, 0.5) is 4.39 Å². The molecule has 0 spiro atoms. The average Bonchev–Trinajstić information content (AvgIpc) is 2.19. The first-order valence-electron chi connectivity index (χ1n) is 5.31. The van der Waals surface area contributed by atoms with Crippen molar-refractivity contribution in [1.82, 2.24) is 5.32 Å². The van der Waals surface area contributed by atoms with Crippen molar-refractivity contribution < 1.29 is 9.13 Å². The van der Waals surface area contributed by atoms with Crippen LogP contribution in [0, 0.1) is 11.2 Å². The van der Waals surface area contributed by atoms with Crippen LogP contribution < -0.4 is 5.32 Å². The van der Waals surface area contributed by atoms with Gasteiger partial charge in [-0.1, -0.05) is 24.6 Å². The molecule has 4 heteroatoms. The second-order valence-corrected chi connectivity index (χ2v) is 5.08. The minimum atomic E-state index is -0.255. The summed E-state index contributed by atoms with van der Waals surface area (Å²) in [6.07, 6.45) is 0. The van der Waals surface area contributed by atoms with Crippen molar-refractivity contribution in [3.63, 3.8) is 0 Å². The van der Waals surface area contributed by atoms with Gasteiger partial charge >= 0.3 is 0 Å².